The minimum absolute atomic E-state index is 0.125. The first kappa shape index (κ1) is 14.6. The molecule has 0 saturated heterocycles. The standard InChI is InChI=1S/C13H12ClN3O2S2/c1-3-20-13-15-7-11-12(16-13)9-5-4-8(14)6-10(9)17(2)21(11,18)19/h4-7H,3H2,1-2H3. The Hall–Kier alpha value is -1.31. The largest absolute Gasteiger partial charge is 0.269 e. The van der Waals surface area contributed by atoms with Gasteiger partial charge in [0.2, 0.25) is 0 Å². The molecule has 0 saturated carbocycles. The van der Waals surface area contributed by atoms with Crippen molar-refractivity contribution in [2.45, 2.75) is 17.0 Å². The van der Waals surface area contributed by atoms with E-state index in [1.807, 2.05) is 6.92 Å². The van der Waals surface area contributed by atoms with E-state index >= 15 is 0 Å². The van der Waals surface area contributed by atoms with Crippen LogP contribution >= 0.6 is 23.4 Å². The summed E-state index contributed by atoms with van der Waals surface area (Å²) in [6.07, 6.45) is 1.38. The first-order chi connectivity index (χ1) is 9.95. The molecule has 8 heteroatoms. The Morgan fingerprint density at radius 3 is 2.86 bits per heavy atom. The van der Waals surface area contributed by atoms with Crippen molar-refractivity contribution in [1.29, 1.82) is 0 Å². The monoisotopic (exact) mass is 341 g/mol. The Bertz CT molecular complexity index is 824. The van der Waals surface area contributed by atoms with Crippen LogP contribution in [0.25, 0.3) is 11.3 Å². The average Bonchev–Trinajstić information content (AvgIpc) is 2.45. The first-order valence-corrected chi connectivity index (χ1v) is 9.04. The molecule has 0 atom stereocenters. The van der Waals surface area contributed by atoms with Gasteiger partial charge in [-0.3, -0.25) is 4.31 Å². The maximum atomic E-state index is 12.5. The van der Waals surface area contributed by atoms with Crippen LogP contribution in [0.5, 0.6) is 0 Å². The molecule has 0 fully saturated rings. The fourth-order valence-corrected chi connectivity index (χ4v) is 4.18. The van der Waals surface area contributed by atoms with Crippen LogP contribution in [0.2, 0.25) is 5.02 Å². The number of anilines is 1. The SMILES string of the molecule is CCSc1ncc2c(n1)-c1ccc(Cl)cc1N(C)S2(=O)=O. The summed E-state index contributed by atoms with van der Waals surface area (Å²) in [5, 5.41) is 1.05. The van der Waals surface area contributed by atoms with E-state index in [4.69, 9.17) is 11.6 Å². The van der Waals surface area contributed by atoms with Crippen molar-refractivity contribution in [2.24, 2.45) is 0 Å². The Morgan fingerprint density at radius 1 is 1.38 bits per heavy atom. The number of nitrogens with zero attached hydrogens (tertiary/aromatic N) is 3. The number of benzene rings is 1. The lowest BCUT2D eigenvalue weighted by Gasteiger charge is -2.28. The molecule has 0 amide bonds. The summed E-state index contributed by atoms with van der Waals surface area (Å²) in [6, 6.07) is 5.14. The van der Waals surface area contributed by atoms with Gasteiger partial charge in [0, 0.05) is 17.6 Å². The highest BCUT2D eigenvalue weighted by molar-refractivity contribution is 7.99. The van der Waals surface area contributed by atoms with Crippen molar-refractivity contribution >= 4 is 39.1 Å². The van der Waals surface area contributed by atoms with Crippen molar-refractivity contribution in [3.8, 4) is 11.3 Å². The van der Waals surface area contributed by atoms with Crippen molar-refractivity contribution in [1.82, 2.24) is 9.97 Å². The zero-order valence-corrected chi connectivity index (χ0v) is 13.8. The van der Waals surface area contributed by atoms with E-state index < -0.39 is 10.0 Å². The Balaban J connectivity index is 2.32. The summed E-state index contributed by atoms with van der Waals surface area (Å²) in [4.78, 5) is 8.65. The molecule has 110 valence electrons. The van der Waals surface area contributed by atoms with E-state index in [0.29, 0.717) is 21.6 Å². The van der Waals surface area contributed by atoms with Crippen LogP contribution < -0.4 is 4.31 Å². The molecule has 1 aromatic carbocycles. The number of sulfonamides is 1. The van der Waals surface area contributed by atoms with Crippen molar-refractivity contribution in [2.75, 3.05) is 17.1 Å². The molecular weight excluding hydrogens is 330 g/mol. The Morgan fingerprint density at radius 2 is 2.14 bits per heavy atom. The minimum atomic E-state index is -3.64. The normalized spacial score (nSPS) is 15.5. The number of hydrogen-bond acceptors (Lipinski definition) is 5. The van der Waals surface area contributed by atoms with Crippen molar-refractivity contribution in [3.63, 3.8) is 0 Å². The third kappa shape index (κ3) is 2.29. The van der Waals surface area contributed by atoms with E-state index in [0.717, 1.165) is 11.3 Å². The highest BCUT2D eigenvalue weighted by Gasteiger charge is 2.34. The second-order valence-electron chi connectivity index (χ2n) is 4.43. The summed E-state index contributed by atoms with van der Waals surface area (Å²) in [6.45, 7) is 1.99. The molecule has 3 rings (SSSR count). The van der Waals surface area contributed by atoms with Crippen LogP contribution in [0.4, 0.5) is 5.69 Å². The number of rotatable bonds is 2. The van der Waals surface area contributed by atoms with E-state index in [-0.39, 0.29) is 4.90 Å². The van der Waals surface area contributed by atoms with E-state index in [2.05, 4.69) is 9.97 Å². The lowest BCUT2D eigenvalue weighted by atomic mass is 10.1. The molecule has 5 nitrogen and oxygen atoms in total. The highest BCUT2D eigenvalue weighted by Crippen LogP contribution is 2.42. The van der Waals surface area contributed by atoms with E-state index in [9.17, 15) is 8.42 Å². The molecule has 2 heterocycles. The summed E-state index contributed by atoms with van der Waals surface area (Å²) < 4.78 is 26.3. The van der Waals surface area contributed by atoms with Crippen molar-refractivity contribution < 1.29 is 8.42 Å². The fraction of sp³-hybridized carbons (Fsp3) is 0.231. The lowest BCUT2D eigenvalue weighted by Crippen LogP contribution is -2.31. The number of halogens is 1. The smallest absolute Gasteiger partial charge is 0.267 e. The van der Waals surface area contributed by atoms with E-state index in [1.54, 1.807) is 18.2 Å². The van der Waals surface area contributed by atoms with Crippen LogP contribution in [-0.2, 0) is 10.0 Å². The van der Waals surface area contributed by atoms with Crippen molar-refractivity contribution in [3.05, 3.63) is 29.4 Å². The van der Waals surface area contributed by atoms with Gasteiger partial charge in [-0.15, -0.1) is 0 Å². The molecule has 1 aliphatic rings. The summed E-state index contributed by atoms with van der Waals surface area (Å²) in [5.74, 6) is 0.818. The predicted octanol–water partition coefficient (Wildman–Crippen LogP) is 3.05. The quantitative estimate of drug-likeness (QED) is 0.620. The van der Waals surface area contributed by atoms with Gasteiger partial charge in [-0.2, -0.15) is 0 Å². The fourth-order valence-electron chi connectivity index (χ4n) is 2.18. The molecule has 0 aliphatic carbocycles. The van der Waals surface area contributed by atoms with Gasteiger partial charge in [-0.25, -0.2) is 18.4 Å². The van der Waals surface area contributed by atoms with Gasteiger partial charge in [-0.1, -0.05) is 30.3 Å². The van der Waals surface area contributed by atoms with E-state index in [1.165, 1.54) is 29.3 Å². The highest BCUT2D eigenvalue weighted by atomic mass is 35.5. The maximum Gasteiger partial charge on any atom is 0.267 e. The van der Waals surface area contributed by atoms with Crippen LogP contribution in [0, 0.1) is 0 Å². The third-order valence-corrected chi connectivity index (χ3v) is 5.95. The van der Waals surface area contributed by atoms with Crippen LogP contribution in [0.3, 0.4) is 0 Å². The molecular formula is C13H12ClN3O2S2. The summed E-state index contributed by atoms with van der Waals surface area (Å²) >= 11 is 7.45. The number of thioether (sulfide) groups is 1. The van der Waals surface area contributed by atoms with Gasteiger partial charge >= 0.3 is 0 Å². The maximum absolute atomic E-state index is 12.5. The Kier molecular flexibility index (Phi) is 3.59. The molecule has 0 radical (unpaired) electrons. The van der Waals surface area contributed by atoms with Gasteiger partial charge in [0.05, 0.1) is 17.6 Å². The summed E-state index contributed by atoms with van der Waals surface area (Å²) in [5.41, 5.74) is 1.71. The number of hydrogen-bond donors (Lipinski definition) is 0. The van der Waals surface area contributed by atoms with Gasteiger partial charge in [-0.05, 0) is 24.0 Å². The zero-order valence-electron chi connectivity index (χ0n) is 11.4. The zero-order chi connectivity index (χ0) is 15.2. The molecule has 2 aromatic rings. The molecule has 1 aliphatic heterocycles. The summed E-state index contributed by atoms with van der Waals surface area (Å²) in [7, 11) is -2.14. The second kappa shape index (κ2) is 5.15. The molecule has 0 bridgehead atoms. The van der Waals surface area contributed by atoms with Gasteiger partial charge in [0.25, 0.3) is 10.0 Å². The first-order valence-electron chi connectivity index (χ1n) is 6.24. The molecule has 21 heavy (non-hydrogen) atoms. The molecule has 0 spiro atoms. The average molecular weight is 342 g/mol. The van der Waals surface area contributed by atoms with Gasteiger partial charge < -0.3 is 0 Å². The van der Waals surface area contributed by atoms with Crippen LogP contribution in [-0.4, -0.2) is 31.2 Å². The molecule has 0 N–H and O–H groups in total. The molecule has 1 aromatic heterocycles. The van der Waals surface area contributed by atoms with Gasteiger partial charge in [0.1, 0.15) is 4.90 Å². The van der Waals surface area contributed by atoms with Crippen LogP contribution in [0.1, 0.15) is 6.92 Å². The number of fused-ring (bicyclic) bond motifs is 3. The van der Waals surface area contributed by atoms with Crippen LogP contribution in [0.15, 0.2) is 34.4 Å². The Labute approximate surface area is 132 Å². The minimum Gasteiger partial charge on any atom is -0.269 e. The number of aromatic nitrogens is 2. The molecule has 0 unspecified atom stereocenters. The van der Waals surface area contributed by atoms with Gasteiger partial charge in [0.15, 0.2) is 5.16 Å². The topological polar surface area (TPSA) is 63.2 Å². The second-order valence-corrected chi connectivity index (χ2v) is 8.04. The third-order valence-electron chi connectivity index (χ3n) is 3.20. The predicted molar refractivity (Wildman–Crippen MR) is 84.5 cm³/mol. The lowest BCUT2D eigenvalue weighted by molar-refractivity contribution is 0.592.